The number of hydrogen-bond donors (Lipinski definition) is 2. The lowest BCUT2D eigenvalue weighted by Crippen LogP contribution is -2.38. The summed E-state index contributed by atoms with van der Waals surface area (Å²) >= 11 is 1.71. The van der Waals surface area contributed by atoms with E-state index in [1.54, 1.807) is 11.3 Å². The lowest BCUT2D eigenvalue weighted by Gasteiger charge is -2.14. The van der Waals surface area contributed by atoms with E-state index in [9.17, 15) is 0 Å². The van der Waals surface area contributed by atoms with Crippen LogP contribution in [-0.4, -0.2) is 24.0 Å². The lowest BCUT2D eigenvalue weighted by atomic mass is 9.93. The van der Waals surface area contributed by atoms with Gasteiger partial charge in [0.2, 0.25) is 0 Å². The molecule has 1 aliphatic rings. The van der Waals surface area contributed by atoms with Crippen LogP contribution in [0, 0.1) is 5.92 Å². The highest BCUT2D eigenvalue weighted by Gasteiger charge is 2.33. The zero-order valence-corrected chi connectivity index (χ0v) is 13.3. The molecule has 2 atom stereocenters. The average Bonchev–Trinajstić information content (AvgIpc) is 2.83. The van der Waals surface area contributed by atoms with Gasteiger partial charge in [-0.2, -0.15) is 0 Å². The molecule has 0 spiro atoms. The van der Waals surface area contributed by atoms with Crippen molar-refractivity contribution in [3.63, 3.8) is 0 Å². The minimum Gasteiger partial charge on any atom is -0.353 e. The fraction of sp³-hybridized carbons (Fsp3) is 0.714. The van der Waals surface area contributed by atoms with Gasteiger partial charge in [0, 0.05) is 23.9 Å². The predicted octanol–water partition coefficient (Wildman–Crippen LogP) is 2.51. The Morgan fingerprint density at radius 2 is 2.21 bits per heavy atom. The molecule has 0 aromatic carbocycles. The number of aliphatic imine (C=N–C) groups is 1. The van der Waals surface area contributed by atoms with Crippen LogP contribution in [0.4, 0.5) is 0 Å². The third-order valence-corrected chi connectivity index (χ3v) is 4.23. The maximum absolute atomic E-state index is 4.67. The van der Waals surface area contributed by atoms with Crippen LogP contribution in [0.25, 0.3) is 0 Å². The molecule has 0 aliphatic heterocycles. The summed E-state index contributed by atoms with van der Waals surface area (Å²) < 4.78 is 0. The molecule has 1 saturated carbocycles. The SMILES string of the molecule is CN=C(NCc1nc(C(C)(C)C)cs1)NC1CC1C. The van der Waals surface area contributed by atoms with E-state index in [4.69, 9.17) is 0 Å². The van der Waals surface area contributed by atoms with Crippen LogP contribution in [0.1, 0.15) is 44.8 Å². The van der Waals surface area contributed by atoms with Gasteiger partial charge in [-0.25, -0.2) is 4.98 Å². The second-order valence-corrected chi connectivity index (χ2v) is 7.21. The summed E-state index contributed by atoms with van der Waals surface area (Å²) in [4.78, 5) is 8.92. The molecular formula is C14H24N4S. The second kappa shape index (κ2) is 5.49. The first-order valence-electron chi connectivity index (χ1n) is 6.82. The van der Waals surface area contributed by atoms with Crippen molar-refractivity contribution in [3.8, 4) is 0 Å². The average molecular weight is 280 g/mol. The van der Waals surface area contributed by atoms with E-state index in [0.717, 1.165) is 29.1 Å². The van der Waals surface area contributed by atoms with Gasteiger partial charge in [0.15, 0.2) is 5.96 Å². The topological polar surface area (TPSA) is 49.3 Å². The number of guanidine groups is 1. The van der Waals surface area contributed by atoms with Gasteiger partial charge in [-0.3, -0.25) is 4.99 Å². The molecular weight excluding hydrogens is 256 g/mol. The number of hydrogen-bond acceptors (Lipinski definition) is 3. The number of rotatable bonds is 3. The summed E-state index contributed by atoms with van der Waals surface area (Å²) in [7, 11) is 1.81. The maximum atomic E-state index is 4.67. The van der Waals surface area contributed by atoms with Crippen LogP contribution in [0.5, 0.6) is 0 Å². The Hall–Kier alpha value is -1.10. The molecule has 0 radical (unpaired) electrons. The van der Waals surface area contributed by atoms with E-state index >= 15 is 0 Å². The van der Waals surface area contributed by atoms with E-state index in [0.29, 0.717) is 6.04 Å². The Kier molecular flexibility index (Phi) is 4.13. The minimum absolute atomic E-state index is 0.123. The fourth-order valence-electron chi connectivity index (χ4n) is 1.79. The largest absolute Gasteiger partial charge is 0.353 e. The Morgan fingerprint density at radius 1 is 1.53 bits per heavy atom. The van der Waals surface area contributed by atoms with Crippen LogP contribution < -0.4 is 10.6 Å². The van der Waals surface area contributed by atoms with Crippen molar-refractivity contribution >= 4 is 17.3 Å². The van der Waals surface area contributed by atoms with Crippen molar-refractivity contribution in [2.75, 3.05) is 7.05 Å². The van der Waals surface area contributed by atoms with Gasteiger partial charge in [0.1, 0.15) is 5.01 Å². The Labute approximate surface area is 119 Å². The predicted molar refractivity (Wildman–Crippen MR) is 81.7 cm³/mol. The third kappa shape index (κ3) is 3.93. The first kappa shape index (κ1) is 14.3. The molecule has 2 unspecified atom stereocenters. The molecule has 1 aliphatic carbocycles. The fourth-order valence-corrected chi connectivity index (χ4v) is 2.75. The summed E-state index contributed by atoms with van der Waals surface area (Å²) in [6, 6.07) is 0.590. The number of nitrogens with one attached hydrogen (secondary N) is 2. The Morgan fingerprint density at radius 3 is 2.68 bits per heavy atom. The van der Waals surface area contributed by atoms with Gasteiger partial charge in [-0.1, -0.05) is 27.7 Å². The van der Waals surface area contributed by atoms with Crippen molar-refractivity contribution in [2.24, 2.45) is 10.9 Å². The summed E-state index contributed by atoms with van der Waals surface area (Å²) in [6.45, 7) is 9.56. The highest BCUT2D eigenvalue weighted by molar-refractivity contribution is 7.09. The zero-order valence-electron chi connectivity index (χ0n) is 12.4. The van der Waals surface area contributed by atoms with Crippen LogP contribution in [0.2, 0.25) is 0 Å². The zero-order chi connectivity index (χ0) is 14.0. The summed E-state index contributed by atoms with van der Waals surface area (Å²) in [5.74, 6) is 1.65. The monoisotopic (exact) mass is 280 g/mol. The molecule has 19 heavy (non-hydrogen) atoms. The molecule has 1 fully saturated rings. The molecule has 2 rings (SSSR count). The normalized spacial score (nSPS) is 23.3. The quantitative estimate of drug-likeness (QED) is 0.661. The molecule has 1 aromatic heterocycles. The van der Waals surface area contributed by atoms with Crippen LogP contribution >= 0.6 is 11.3 Å². The van der Waals surface area contributed by atoms with Crippen LogP contribution in [-0.2, 0) is 12.0 Å². The van der Waals surface area contributed by atoms with Crippen LogP contribution in [0.3, 0.4) is 0 Å². The first-order chi connectivity index (χ1) is 8.90. The third-order valence-electron chi connectivity index (χ3n) is 3.38. The molecule has 5 heteroatoms. The first-order valence-corrected chi connectivity index (χ1v) is 7.70. The van der Waals surface area contributed by atoms with Gasteiger partial charge in [-0.15, -0.1) is 11.3 Å². The molecule has 1 heterocycles. The molecule has 1 aromatic rings. The standard InChI is InChI=1S/C14H24N4S/c1-9-6-10(9)17-13(15-5)16-7-12-18-11(8-19-12)14(2,3)4/h8-10H,6-7H2,1-5H3,(H2,15,16,17). The van der Waals surface area contributed by atoms with Gasteiger partial charge in [0.25, 0.3) is 0 Å². The van der Waals surface area contributed by atoms with E-state index in [1.807, 2.05) is 7.05 Å². The molecule has 4 nitrogen and oxygen atoms in total. The molecule has 106 valence electrons. The summed E-state index contributed by atoms with van der Waals surface area (Å²) in [6.07, 6.45) is 1.24. The summed E-state index contributed by atoms with van der Waals surface area (Å²) in [5.41, 5.74) is 1.28. The second-order valence-electron chi connectivity index (χ2n) is 6.27. The smallest absolute Gasteiger partial charge is 0.191 e. The number of thiazole rings is 1. The molecule has 2 N–H and O–H groups in total. The van der Waals surface area contributed by atoms with Gasteiger partial charge in [-0.05, 0) is 12.3 Å². The molecule has 0 saturated heterocycles. The molecule has 0 amide bonds. The van der Waals surface area contributed by atoms with Gasteiger partial charge in [0.05, 0.1) is 12.2 Å². The highest BCUT2D eigenvalue weighted by Crippen LogP contribution is 2.28. The van der Waals surface area contributed by atoms with Crippen molar-refractivity contribution in [2.45, 2.75) is 52.1 Å². The van der Waals surface area contributed by atoms with E-state index in [1.165, 1.54) is 6.42 Å². The van der Waals surface area contributed by atoms with Gasteiger partial charge >= 0.3 is 0 Å². The van der Waals surface area contributed by atoms with E-state index in [-0.39, 0.29) is 5.41 Å². The van der Waals surface area contributed by atoms with E-state index in [2.05, 4.69) is 53.7 Å². The van der Waals surface area contributed by atoms with Crippen molar-refractivity contribution in [3.05, 3.63) is 16.1 Å². The summed E-state index contributed by atoms with van der Waals surface area (Å²) in [5, 5.41) is 10.00. The van der Waals surface area contributed by atoms with Gasteiger partial charge < -0.3 is 10.6 Å². The van der Waals surface area contributed by atoms with Crippen molar-refractivity contribution in [1.82, 2.24) is 15.6 Å². The number of aromatic nitrogens is 1. The van der Waals surface area contributed by atoms with Crippen LogP contribution in [0.15, 0.2) is 10.4 Å². The number of nitrogens with zero attached hydrogens (tertiary/aromatic N) is 2. The Balaban J connectivity index is 1.85. The molecule has 0 bridgehead atoms. The highest BCUT2D eigenvalue weighted by atomic mass is 32.1. The minimum atomic E-state index is 0.123. The lowest BCUT2D eigenvalue weighted by molar-refractivity contribution is 0.570. The van der Waals surface area contributed by atoms with E-state index < -0.39 is 0 Å². The van der Waals surface area contributed by atoms with Crippen molar-refractivity contribution < 1.29 is 0 Å². The Bertz CT molecular complexity index is 458. The maximum Gasteiger partial charge on any atom is 0.191 e. The van der Waals surface area contributed by atoms with Crippen molar-refractivity contribution in [1.29, 1.82) is 0 Å².